The molecule has 1 aliphatic heterocycles. The van der Waals surface area contributed by atoms with E-state index >= 15 is 0 Å². The Morgan fingerprint density at radius 2 is 2.42 bits per heavy atom. The lowest BCUT2D eigenvalue weighted by Gasteiger charge is -2.36. The molecule has 1 fully saturated rings. The number of nitriles is 1. The monoisotopic (exact) mass is 263 g/mol. The highest BCUT2D eigenvalue weighted by Gasteiger charge is 2.29. The minimum Gasteiger partial charge on any atom is -0.480 e. The van der Waals surface area contributed by atoms with Crippen molar-refractivity contribution in [1.82, 2.24) is 4.98 Å². The predicted octanol–water partition coefficient (Wildman–Crippen LogP) is 0.141. The minimum absolute atomic E-state index is 0.0141. The summed E-state index contributed by atoms with van der Waals surface area (Å²) in [5.74, 6) is 0.198. The Bertz CT molecular complexity index is 487. The first-order valence-corrected chi connectivity index (χ1v) is 6.18. The number of ether oxygens (including phenoxy) is 1. The zero-order chi connectivity index (χ0) is 13.8. The Morgan fingerprint density at radius 3 is 3.00 bits per heavy atom. The Morgan fingerprint density at radius 1 is 1.63 bits per heavy atom. The number of aromatic nitrogens is 1. The van der Waals surface area contributed by atoms with Gasteiger partial charge in [-0.2, -0.15) is 5.26 Å². The molecule has 0 radical (unpaired) electrons. The molecule has 6 nitrogen and oxygen atoms in total. The first-order chi connectivity index (χ1) is 9.21. The molecule has 0 aromatic carbocycles. The molecule has 0 spiro atoms. The molecular formula is C13H17N3O3. The molecular weight excluding hydrogens is 246 g/mol. The first-order valence-electron chi connectivity index (χ1n) is 6.18. The molecule has 2 heterocycles. The number of hydrogen-bond donors (Lipinski definition) is 2. The van der Waals surface area contributed by atoms with Crippen LogP contribution in [0.3, 0.4) is 0 Å². The molecule has 2 atom stereocenters. The second kappa shape index (κ2) is 5.87. The van der Waals surface area contributed by atoms with Crippen LogP contribution in [-0.4, -0.2) is 48.1 Å². The number of pyridine rings is 1. The highest BCUT2D eigenvalue weighted by Crippen LogP contribution is 2.29. The van der Waals surface area contributed by atoms with E-state index in [1.807, 2.05) is 4.90 Å². The summed E-state index contributed by atoms with van der Waals surface area (Å²) < 4.78 is 5.07. The third kappa shape index (κ3) is 2.62. The zero-order valence-electron chi connectivity index (χ0n) is 10.8. The number of methoxy groups -OCH3 is 1. The highest BCUT2D eigenvalue weighted by molar-refractivity contribution is 5.63. The number of aliphatic hydroxyl groups is 2. The van der Waals surface area contributed by atoms with E-state index in [-0.39, 0.29) is 12.5 Å². The van der Waals surface area contributed by atoms with Gasteiger partial charge in [0.25, 0.3) is 0 Å². The maximum absolute atomic E-state index is 9.96. The molecule has 6 heteroatoms. The Balaban J connectivity index is 2.26. The quantitative estimate of drug-likeness (QED) is 0.806. The second-order valence-electron chi connectivity index (χ2n) is 4.57. The fraction of sp³-hybridized carbons (Fsp3) is 0.538. The SMILES string of the molecule is COc1nccc(N2CC[C@@H](CO)[C@H](O)C2)c1C#N. The first kappa shape index (κ1) is 13.6. The third-order valence-electron chi connectivity index (χ3n) is 3.50. The molecule has 0 unspecified atom stereocenters. The zero-order valence-corrected chi connectivity index (χ0v) is 10.8. The van der Waals surface area contributed by atoms with Crippen molar-refractivity contribution in [3.05, 3.63) is 17.8 Å². The number of β-amino-alcohol motifs (C(OH)–C–C–N with tert-alkyl or cyclic N) is 1. The summed E-state index contributed by atoms with van der Waals surface area (Å²) in [4.78, 5) is 5.93. The Hall–Kier alpha value is -1.84. The molecule has 0 amide bonds. The Kier molecular flexibility index (Phi) is 4.20. The van der Waals surface area contributed by atoms with Gasteiger partial charge >= 0.3 is 0 Å². The summed E-state index contributed by atoms with van der Waals surface area (Å²) in [5, 5.41) is 28.3. The van der Waals surface area contributed by atoms with Crippen LogP contribution in [0.4, 0.5) is 5.69 Å². The number of aliphatic hydroxyl groups excluding tert-OH is 2. The van der Waals surface area contributed by atoms with Gasteiger partial charge in [-0.1, -0.05) is 0 Å². The molecule has 1 aromatic rings. The topological polar surface area (TPSA) is 89.6 Å². The summed E-state index contributed by atoms with van der Waals surface area (Å²) in [6.07, 6.45) is 1.68. The summed E-state index contributed by atoms with van der Waals surface area (Å²) in [5.41, 5.74) is 1.09. The van der Waals surface area contributed by atoms with Gasteiger partial charge in [0.1, 0.15) is 11.6 Å². The van der Waals surface area contributed by atoms with Crippen molar-refractivity contribution in [3.8, 4) is 11.9 Å². The van der Waals surface area contributed by atoms with Crippen LogP contribution in [0.2, 0.25) is 0 Å². The van der Waals surface area contributed by atoms with Gasteiger partial charge in [-0.3, -0.25) is 0 Å². The van der Waals surface area contributed by atoms with E-state index in [1.165, 1.54) is 7.11 Å². The van der Waals surface area contributed by atoms with Crippen molar-refractivity contribution in [2.45, 2.75) is 12.5 Å². The van der Waals surface area contributed by atoms with Crippen molar-refractivity contribution in [2.75, 3.05) is 31.7 Å². The van der Waals surface area contributed by atoms with Gasteiger partial charge in [0.05, 0.1) is 18.9 Å². The van der Waals surface area contributed by atoms with Crippen molar-refractivity contribution in [1.29, 1.82) is 5.26 Å². The maximum atomic E-state index is 9.96. The molecule has 0 aliphatic carbocycles. The van der Waals surface area contributed by atoms with Gasteiger partial charge in [0.15, 0.2) is 0 Å². The molecule has 0 bridgehead atoms. The van der Waals surface area contributed by atoms with Gasteiger partial charge in [0, 0.05) is 31.8 Å². The van der Waals surface area contributed by atoms with Gasteiger partial charge in [-0.05, 0) is 12.5 Å². The smallest absolute Gasteiger partial charge is 0.233 e. The molecule has 1 saturated heterocycles. The number of piperidine rings is 1. The van der Waals surface area contributed by atoms with Crippen molar-refractivity contribution in [3.63, 3.8) is 0 Å². The van der Waals surface area contributed by atoms with Crippen LogP contribution in [-0.2, 0) is 0 Å². The normalized spacial score (nSPS) is 22.9. The van der Waals surface area contributed by atoms with E-state index in [1.54, 1.807) is 12.3 Å². The summed E-state index contributed by atoms with van der Waals surface area (Å²) in [7, 11) is 1.47. The van der Waals surface area contributed by atoms with Crippen LogP contribution in [0.15, 0.2) is 12.3 Å². The van der Waals surface area contributed by atoms with Gasteiger partial charge < -0.3 is 19.8 Å². The van der Waals surface area contributed by atoms with E-state index in [4.69, 9.17) is 9.84 Å². The third-order valence-corrected chi connectivity index (χ3v) is 3.50. The fourth-order valence-electron chi connectivity index (χ4n) is 2.37. The summed E-state index contributed by atoms with van der Waals surface area (Å²) in [6.45, 7) is 1.07. The van der Waals surface area contributed by atoms with Crippen molar-refractivity contribution >= 4 is 5.69 Å². The van der Waals surface area contributed by atoms with E-state index in [2.05, 4.69) is 11.1 Å². The second-order valence-corrected chi connectivity index (χ2v) is 4.57. The number of rotatable bonds is 3. The lowest BCUT2D eigenvalue weighted by molar-refractivity contribution is 0.0548. The van der Waals surface area contributed by atoms with Crippen molar-refractivity contribution < 1.29 is 14.9 Å². The highest BCUT2D eigenvalue weighted by atomic mass is 16.5. The molecule has 19 heavy (non-hydrogen) atoms. The number of nitrogens with zero attached hydrogens (tertiary/aromatic N) is 3. The van der Waals surface area contributed by atoms with Crippen LogP contribution in [0.5, 0.6) is 5.88 Å². The molecule has 1 aliphatic rings. The minimum atomic E-state index is -0.593. The lowest BCUT2D eigenvalue weighted by Crippen LogP contribution is -2.45. The van der Waals surface area contributed by atoms with E-state index in [0.29, 0.717) is 36.6 Å². The van der Waals surface area contributed by atoms with Gasteiger partial charge in [-0.25, -0.2) is 4.98 Å². The Labute approximate surface area is 111 Å². The van der Waals surface area contributed by atoms with Gasteiger partial charge in [0.2, 0.25) is 5.88 Å². The average Bonchev–Trinajstić information content (AvgIpc) is 2.46. The van der Waals surface area contributed by atoms with Crippen LogP contribution in [0.1, 0.15) is 12.0 Å². The summed E-state index contributed by atoms with van der Waals surface area (Å²) >= 11 is 0. The number of anilines is 1. The van der Waals surface area contributed by atoms with E-state index in [9.17, 15) is 10.4 Å². The predicted molar refractivity (Wildman–Crippen MR) is 68.9 cm³/mol. The largest absolute Gasteiger partial charge is 0.480 e. The van der Waals surface area contributed by atoms with Crippen LogP contribution >= 0.6 is 0 Å². The average molecular weight is 263 g/mol. The number of hydrogen-bond acceptors (Lipinski definition) is 6. The van der Waals surface area contributed by atoms with Crippen LogP contribution in [0, 0.1) is 17.2 Å². The molecule has 0 saturated carbocycles. The molecule has 2 N–H and O–H groups in total. The van der Waals surface area contributed by atoms with E-state index < -0.39 is 6.10 Å². The van der Waals surface area contributed by atoms with Crippen LogP contribution < -0.4 is 9.64 Å². The molecule has 2 rings (SSSR count). The standard InChI is InChI=1S/C13H17N3O3/c1-19-13-10(6-14)11(2-4-15-13)16-5-3-9(8-17)12(18)7-16/h2,4,9,12,17-18H,3,5,7-8H2,1H3/t9-,12+/m0/s1. The fourth-order valence-corrected chi connectivity index (χ4v) is 2.37. The van der Waals surface area contributed by atoms with Crippen molar-refractivity contribution in [2.24, 2.45) is 5.92 Å². The summed E-state index contributed by atoms with van der Waals surface area (Å²) in [6, 6.07) is 3.84. The van der Waals surface area contributed by atoms with Gasteiger partial charge in [-0.15, -0.1) is 0 Å². The van der Waals surface area contributed by atoms with Crippen LogP contribution in [0.25, 0.3) is 0 Å². The van der Waals surface area contributed by atoms with E-state index in [0.717, 1.165) is 0 Å². The lowest BCUT2D eigenvalue weighted by atomic mass is 9.94. The molecule has 1 aromatic heterocycles. The molecule has 102 valence electrons. The maximum Gasteiger partial charge on any atom is 0.233 e.